The Bertz CT molecular complexity index is 1220. The molecule has 0 spiro atoms. The first-order valence-electron chi connectivity index (χ1n) is 10.5. The molecule has 2 heterocycles. The highest BCUT2D eigenvalue weighted by molar-refractivity contribution is 7.99. The number of thioether (sulfide) groups is 1. The van der Waals surface area contributed by atoms with Crippen molar-refractivity contribution < 1.29 is 22.4 Å². The topological polar surface area (TPSA) is 115 Å². The molecular formula is C22H24N4O5S2. The van der Waals surface area contributed by atoms with E-state index >= 15 is 0 Å². The van der Waals surface area contributed by atoms with E-state index in [-0.39, 0.29) is 27.7 Å². The average Bonchev–Trinajstić information content (AvgIpc) is 3.33. The summed E-state index contributed by atoms with van der Waals surface area (Å²) in [5, 5.41) is 11.0. The minimum Gasteiger partial charge on any atom is -0.495 e. The van der Waals surface area contributed by atoms with Crippen LogP contribution in [-0.2, 0) is 14.8 Å². The molecule has 1 N–H and O–H groups in total. The number of aromatic nitrogens is 2. The van der Waals surface area contributed by atoms with E-state index in [0.29, 0.717) is 30.1 Å². The minimum absolute atomic E-state index is 0.0586. The lowest BCUT2D eigenvalue weighted by Gasteiger charge is -2.25. The van der Waals surface area contributed by atoms with Gasteiger partial charge >= 0.3 is 0 Å². The zero-order valence-corrected chi connectivity index (χ0v) is 19.7. The van der Waals surface area contributed by atoms with Gasteiger partial charge in [0.05, 0.1) is 23.4 Å². The number of anilines is 1. The van der Waals surface area contributed by atoms with Crippen molar-refractivity contribution in [2.24, 2.45) is 0 Å². The molecule has 1 aliphatic heterocycles. The third-order valence-electron chi connectivity index (χ3n) is 5.15. The molecule has 1 saturated heterocycles. The van der Waals surface area contributed by atoms with Crippen LogP contribution in [0.3, 0.4) is 0 Å². The lowest BCUT2D eigenvalue weighted by molar-refractivity contribution is -0.113. The lowest BCUT2D eigenvalue weighted by atomic mass is 10.2. The van der Waals surface area contributed by atoms with Gasteiger partial charge in [-0.3, -0.25) is 4.79 Å². The fourth-order valence-electron chi connectivity index (χ4n) is 3.49. The van der Waals surface area contributed by atoms with Crippen molar-refractivity contribution >= 4 is 33.4 Å². The van der Waals surface area contributed by atoms with Crippen molar-refractivity contribution in [2.75, 3.05) is 31.3 Å². The van der Waals surface area contributed by atoms with Crippen LogP contribution in [0.5, 0.6) is 5.75 Å². The minimum atomic E-state index is -3.57. The maximum Gasteiger partial charge on any atom is 0.277 e. The van der Waals surface area contributed by atoms with E-state index in [4.69, 9.17) is 9.15 Å². The molecule has 0 bridgehead atoms. The van der Waals surface area contributed by atoms with E-state index in [1.165, 1.54) is 11.4 Å². The van der Waals surface area contributed by atoms with Gasteiger partial charge < -0.3 is 14.5 Å². The van der Waals surface area contributed by atoms with Gasteiger partial charge in [-0.1, -0.05) is 36.4 Å². The standard InChI is InChI=1S/C22H24N4O5S2/c1-30-19-11-4-3-10-18(19)23-20(27)15-32-22-25-24-21(31-22)16-8-7-9-17(14-16)33(28,29)26-12-5-2-6-13-26/h3-4,7-11,14H,2,5-6,12-13,15H2,1H3,(H,23,27). The molecule has 174 valence electrons. The molecule has 0 saturated carbocycles. The summed E-state index contributed by atoms with van der Waals surface area (Å²) in [5.41, 5.74) is 1.08. The molecule has 0 radical (unpaired) electrons. The van der Waals surface area contributed by atoms with Gasteiger partial charge in [0, 0.05) is 18.7 Å². The fourth-order valence-corrected chi connectivity index (χ4v) is 5.62. The lowest BCUT2D eigenvalue weighted by Crippen LogP contribution is -2.35. The predicted molar refractivity (Wildman–Crippen MR) is 125 cm³/mol. The van der Waals surface area contributed by atoms with Crippen LogP contribution in [0, 0.1) is 0 Å². The number of hydrogen-bond donors (Lipinski definition) is 1. The van der Waals surface area contributed by atoms with Crippen LogP contribution in [0.25, 0.3) is 11.5 Å². The molecule has 4 rings (SSSR count). The summed E-state index contributed by atoms with van der Waals surface area (Å²) < 4.78 is 38.3. The zero-order chi connectivity index (χ0) is 23.3. The summed E-state index contributed by atoms with van der Waals surface area (Å²) >= 11 is 1.09. The number of carbonyl (C=O) groups excluding carboxylic acids is 1. The third kappa shape index (κ3) is 5.55. The Labute approximate surface area is 196 Å². The second-order valence-corrected chi connectivity index (χ2v) is 10.3. The number of piperidine rings is 1. The highest BCUT2D eigenvalue weighted by Crippen LogP contribution is 2.28. The number of carbonyl (C=O) groups is 1. The molecule has 33 heavy (non-hydrogen) atoms. The molecule has 1 amide bonds. The molecule has 3 aromatic rings. The number of nitrogens with zero attached hydrogens (tertiary/aromatic N) is 3. The Hall–Kier alpha value is -2.89. The van der Waals surface area contributed by atoms with E-state index in [0.717, 1.165) is 31.0 Å². The highest BCUT2D eigenvalue weighted by atomic mass is 32.2. The van der Waals surface area contributed by atoms with Crippen molar-refractivity contribution in [2.45, 2.75) is 29.4 Å². The zero-order valence-electron chi connectivity index (χ0n) is 18.1. The van der Waals surface area contributed by atoms with Crippen molar-refractivity contribution in [3.63, 3.8) is 0 Å². The Kier molecular flexibility index (Phi) is 7.31. The second kappa shape index (κ2) is 10.4. The van der Waals surface area contributed by atoms with Crippen LogP contribution < -0.4 is 10.1 Å². The largest absolute Gasteiger partial charge is 0.495 e. The number of sulfonamides is 1. The summed E-state index contributed by atoms with van der Waals surface area (Å²) in [6.45, 7) is 1.07. The van der Waals surface area contributed by atoms with Gasteiger partial charge in [0.15, 0.2) is 0 Å². The van der Waals surface area contributed by atoms with Gasteiger partial charge in [0.25, 0.3) is 5.22 Å². The summed E-state index contributed by atoms with van der Waals surface area (Å²) in [6, 6.07) is 13.6. The van der Waals surface area contributed by atoms with Crippen molar-refractivity contribution in [1.29, 1.82) is 0 Å². The molecule has 0 atom stereocenters. The molecular weight excluding hydrogens is 464 g/mol. The van der Waals surface area contributed by atoms with Crippen LogP contribution in [0.2, 0.25) is 0 Å². The summed E-state index contributed by atoms with van der Waals surface area (Å²) in [7, 11) is -2.03. The first-order chi connectivity index (χ1) is 16.0. The van der Waals surface area contributed by atoms with Crippen LogP contribution >= 0.6 is 11.8 Å². The maximum atomic E-state index is 13.0. The Balaban J connectivity index is 1.41. The van der Waals surface area contributed by atoms with E-state index in [1.54, 1.807) is 42.5 Å². The number of methoxy groups -OCH3 is 1. The molecule has 0 unspecified atom stereocenters. The maximum absolute atomic E-state index is 13.0. The number of amides is 1. The van der Waals surface area contributed by atoms with Gasteiger partial charge in [-0.2, -0.15) is 4.31 Å². The number of nitrogens with one attached hydrogen (secondary N) is 1. The highest BCUT2D eigenvalue weighted by Gasteiger charge is 2.26. The molecule has 9 nitrogen and oxygen atoms in total. The summed E-state index contributed by atoms with van der Waals surface area (Å²) in [4.78, 5) is 12.5. The Morgan fingerprint density at radius 3 is 2.70 bits per heavy atom. The Morgan fingerprint density at radius 2 is 1.91 bits per heavy atom. The molecule has 1 aromatic heterocycles. The second-order valence-electron chi connectivity index (χ2n) is 7.40. The van der Waals surface area contributed by atoms with Crippen molar-refractivity contribution in [3.8, 4) is 17.2 Å². The third-order valence-corrected chi connectivity index (χ3v) is 7.86. The van der Waals surface area contributed by atoms with Crippen LogP contribution in [-0.4, -0.2) is 54.8 Å². The summed E-state index contributed by atoms with van der Waals surface area (Å²) in [5.74, 6) is 0.566. The van der Waals surface area contributed by atoms with E-state index in [2.05, 4.69) is 15.5 Å². The van der Waals surface area contributed by atoms with Crippen LogP contribution in [0.15, 0.2) is 63.1 Å². The van der Waals surface area contributed by atoms with Gasteiger partial charge in [-0.25, -0.2) is 8.42 Å². The van der Waals surface area contributed by atoms with Crippen molar-refractivity contribution in [3.05, 3.63) is 48.5 Å². The van der Waals surface area contributed by atoms with Gasteiger partial charge in [0.1, 0.15) is 5.75 Å². The number of para-hydroxylation sites is 2. The summed E-state index contributed by atoms with van der Waals surface area (Å²) in [6.07, 6.45) is 2.78. The van der Waals surface area contributed by atoms with Gasteiger partial charge in [0.2, 0.25) is 21.8 Å². The number of ether oxygens (including phenoxy) is 1. The van der Waals surface area contributed by atoms with Crippen LogP contribution in [0.4, 0.5) is 5.69 Å². The van der Waals surface area contributed by atoms with Crippen molar-refractivity contribution in [1.82, 2.24) is 14.5 Å². The number of benzene rings is 2. The average molecular weight is 489 g/mol. The number of hydrogen-bond acceptors (Lipinski definition) is 8. The van der Waals surface area contributed by atoms with E-state index in [9.17, 15) is 13.2 Å². The normalized spacial score (nSPS) is 14.7. The fraction of sp³-hybridized carbons (Fsp3) is 0.318. The molecule has 0 aliphatic carbocycles. The monoisotopic (exact) mass is 488 g/mol. The van der Waals surface area contributed by atoms with Gasteiger partial charge in [-0.15, -0.1) is 10.2 Å². The SMILES string of the molecule is COc1ccccc1NC(=O)CSc1nnc(-c2cccc(S(=O)(=O)N3CCCCC3)c2)o1. The smallest absolute Gasteiger partial charge is 0.277 e. The first kappa shape index (κ1) is 23.3. The molecule has 11 heteroatoms. The van der Waals surface area contributed by atoms with E-state index in [1.807, 2.05) is 6.07 Å². The van der Waals surface area contributed by atoms with Gasteiger partial charge in [-0.05, 0) is 43.2 Å². The molecule has 2 aromatic carbocycles. The quantitative estimate of drug-likeness (QED) is 0.478. The van der Waals surface area contributed by atoms with E-state index < -0.39 is 10.0 Å². The molecule has 1 fully saturated rings. The predicted octanol–water partition coefficient (Wildman–Crippen LogP) is 3.65. The Morgan fingerprint density at radius 1 is 1.12 bits per heavy atom. The molecule has 1 aliphatic rings. The van der Waals surface area contributed by atoms with Crippen LogP contribution in [0.1, 0.15) is 19.3 Å². The number of rotatable bonds is 8. The first-order valence-corrected chi connectivity index (χ1v) is 12.9.